The normalized spacial score (nSPS) is 12.1. The highest BCUT2D eigenvalue weighted by Gasteiger charge is 2.28. The molecule has 3 aromatic carbocycles. The molecule has 152 valence electrons. The molecule has 0 saturated carbocycles. The smallest absolute Gasteiger partial charge is 0.143 e. The van der Waals surface area contributed by atoms with Crippen LogP contribution in [-0.2, 0) is 10.8 Å². The fourth-order valence-electron chi connectivity index (χ4n) is 3.49. The summed E-state index contributed by atoms with van der Waals surface area (Å²) in [6.45, 7) is 15.2. The number of para-hydroxylation sites is 1. The van der Waals surface area contributed by atoms with Crippen LogP contribution in [0.15, 0.2) is 66.7 Å². The number of phenolic OH excluding ortho intramolecular Hbond substituents is 1. The van der Waals surface area contributed by atoms with Gasteiger partial charge in [-0.15, -0.1) is 0 Å². The minimum atomic E-state index is -0.171. The molecule has 0 aliphatic rings. The molecular weight excluding hydrogens is 354 g/mol. The number of benzene rings is 3. The van der Waals surface area contributed by atoms with E-state index in [1.807, 2.05) is 18.2 Å². The van der Waals surface area contributed by atoms with Gasteiger partial charge in [0.1, 0.15) is 5.75 Å². The minimum absolute atomic E-state index is 0.0297. The summed E-state index contributed by atoms with van der Waals surface area (Å²) in [5, 5.41) is 11.4. The van der Waals surface area contributed by atoms with Crippen molar-refractivity contribution in [3.63, 3.8) is 0 Å². The van der Waals surface area contributed by atoms with Crippen LogP contribution in [0.4, 0.5) is 17.1 Å². The number of nitrogens with zero attached hydrogens (tertiary/aromatic N) is 1. The molecule has 1 N–H and O–H groups in total. The van der Waals surface area contributed by atoms with Crippen LogP contribution in [0, 0.1) is 6.92 Å². The summed E-state index contributed by atoms with van der Waals surface area (Å²) in [4.78, 5) is 2.15. The average molecular weight is 388 g/mol. The van der Waals surface area contributed by atoms with E-state index in [2.05, 4.69) is 102 Å². The van der Waals surface area contributed by atoms with Crippen LogP contribution in [0.5, 0.6) is 5.75 Å². The van der Waals surface area contributed by atoms with E-state index in [1.54, 1.807) is 0 Å². The predicted molar refractivity (Wildman–Crippen MR) is 125 cm³/mol. The zero-order valence-corrected chi connectivity index (χ0v) is 18.7. The van der Waals surface area contributed by atoms with Crippen molar-refractivity contribution in [3.05, 3.63) is 83.4 Å². The first-order valence-corrected chi connectivity index (χ1v) is 10.3. The van der Waals surface area contributed by atoms with Crippen LogP contribution in [0.25, 0.3) is 0 Å². The van der Waals surface area contributed by atoms with Gasteiger partial charge in [-0.1, -0.05) is 83.5 Å². The Bertz CT molecular complexity index is 974. The van der Waals surface area contributed by atoms with Crippen molar-refractivity contribution in [2.75, 3.05) is 4.90 Å². The molecule has 0 unspecified atom stereocenters. The van der Waals surface area contributed by atoms with Crippen molar-refractivity contribution in [3.8, 4) is 5.75 Å². The lowest BCUT2D eigenvalue weighted by Gasteiger charge is -2.32. The van der Waals surface area contributed by atoms with Crippen LogP contribution in [0.1, 0.15) is 58.2 Å². The molecule has 3 aromatic rings. The summed E-state index contributed by atoms with van der Waals surface area (Å²) in [6.07, 6.45) is 0. The SMILES string of the molecule is Cc1ccc(N(c2ccccc2)c2cc(C(C)(C)C)cc(C(C)(C)C)c2O)cc1. The second-order valence-electron chi connectivity index (χ2n) is 9.90. The van der Waals surface area contributed by atoms with E-state index in [-0.39, 0.29) is 10.8 Å². The molecule has 0 saturated heterocycles. The molecule has 0 aromatic heterocycles. The Balaban J connectivity index is 2.34. The van der Waals surface area contributed by atoms with Gasteiger partial charge in [0.25, 0.3) is 0 Å². The number of phenols is 1. The third-order valence-electron chi connectivity index (χ3n) is 5.31. The molecule has 0 aliphatic carbocycles. The number of hydrogen-bond acceptors (Lipinski definition) is 2. The predicted octanol–water partition coefficient (Wildman–Crippen LogP) is 7.77. The maximum absolute atomic E-state index is 11.4. The molecule has 2 nitrogen and oxygen atoms in total. The lowest BCUT2D eigenvalue weighted by molar-refractivity contribution is 0.446. The van der Waals surface area contributed by atoms with Gasteiger partial charge >= 0.3 is 0 Å². The van der Waals surface area contributed by atoms with E-state index in [4.69, 9.17) is 0 Å². The maximum Gasteiger partial charge on any atom is 0.143 e. The largest absolute Gasteiger partial charge is 0.505 e. The van der Waals surface area contributed by atoms with Crippen molar-refractivity contribution in [2.45, 2.75) is 59.3 Å². The molecule has 0 atom stereocenters. The van der Waals surface area contributed by atoms with Crippen LogP contribution in [-0.4, -0.2) is 5.11 Å². The van der Waals surface area contributed by atoms with Gasteiger partial charge in [-0.3, -0.25) is 0 Å². The van der Waals surface area contributed by atoms with Crippen LogP contribution in [0.3, 0.4) is 0 Å². The third kappa shape index (κ3) is 4.48. The summed E-state index contributed by atoms with van der Waals surface area (Å²) in [7, 11) is 0. The average Bonchev–Trinajstić information content (AvgIpc) is 2.64. The second-order valence-corrected chi connectivity index (χ2v) is 9.90. The Labute approximate surface area is 175 Å². The highest BCUT2D eigenvalue weighted by atomic mass is 16.3. The summed E-state index contributed by atoms with van der Waals surface area (Å²) < 4.78 is 0. The molecular formula is C27H33NO. The summed E-state index contributed by atoms with van der Waals surface area (Å²) >= 11 is 0. The van der Waals surface area contributed by atoms with Gasteiger partial charge in [-0.25, -0.2) is 0 Å². The Morgan fingerprint density at radius 3 is 1.76 bits per heavy atom. The van der Waals surface area contributed by atoms with Gasteiger partial charge in [0.05, 0.1) is 5.69 Å². The first kappa shape index (κ1) is 21.0. The highest BCUT2D eigenvalue weighted by molar-refractivity contribution is 5.81. The zero-order valence-electron chi connectivity index (χ0n) is 18.7. The fraction of sp³-hybridized carbons (Fsp3) is 0.333. The van der Waals surface area contributed by atoms with Crippen LogP contribution < -0.4 is 4.90 Å². The molecule has 0 fully saturated rings. The van der Waals surface area contributed by atoms with E-state index in [0.717, 1.165) is 22.6 Å². The molecule has 0 heterocycles. The highest BCUT2D eigenvalue weighted by Crippen LogP contribution is 2.46. The summed E-state index contributed by atoms with van der Waals surface area (Å²) in [5.74, 6) is 0.343. The van der Waals surface area contributed by atoms with Gasteiger partial charge in [-0.05, 0) is 53.6 Å². The van der Waals surface area contributed by atoms with Crippen molar-refractivity contribution >= 4 is 17.1 Å². The molecule has 0 radical (unpaired) electrons. The van der Waals surface area contributed by atoms with Gasteiger partial charge in [0.2, 0.25) is 0 Å². The van der Waals surface area contributed by atoms with E-state index < -0.39 is 0 Å². The molecule has 3 rings (SSSR count). The molecule has 2 heteroatoms. The molecule has 29 heavy (non-hydrogen) atoms. The van der Waals surface area contributed by atoms with Crippen molar-refractivity contribution in [1.82, 2.24) is 0 Å². The molecule has 0 aliphatic heterocycles. The lowest BCUT2D eigenvalue weighted by Crippen LogP contribution is -2.19. The first-order chi connectivity index (χ1) is 13.5. The number of aromatic hydroxyl groups is 1. The summed E-state index contributed by atoms with van der Waals surface area (Å²) in [5.41, 5.74) is 6.06. The van der Waals surface area contributed by atoms with Gasteiger partial charge < -0.3 is 10.0 Å². The first-order valence-electron chi connectivity index (χ1n) is 10.3. The van der Waals surface area contributed by atoms with E-state index in [0.29, 0.717) is 5.75 Å². The quantitative estimate of drug-likeness (QED) is 0.496. The summed E-state index contributed by atoms with van der Waals surface area (Å²) in [6, 6.07) is 23.0. The number of anilines is 3. The zero-order chi connectivity index (χ0) is 21.4. The lowest BCUT2D eigenvalue weighted by atomic mass is 9.79. The third-order valence-corrected chi connectivity index (χ3v) is 5.31. The van der Waals surface area contributed by atoms with Gasteiger partial charge in [0, 0.05) is 16.9 Å². The van der Waals surface area contributed by atoms with Crippen molar-refractivity contribution in [1.29, 1.82) is 0 Å². The van der Waals surface area contributed by atoms with E-state index >= 15 is 0 Å². The standard InChI is InChI=1S/C27H33NO/c1-19-13-15-22(16-14-19)28(21-11-9-8-10-12-21)24-18-20(26(2,3)4)17-23(25(24)29)27(5,6)7/h8-18,29H,1-7H3. The molecule has 0 spiro atoms. The Morgan fingerprint density at radius 1 is 0.690 bits per heavy atom. The number of hydrogen-bond donors (Lipinski definition) is 1. The van der Waals surface area contributed by atoms with Crippen LogP contribution in [0.2, 0.25) is 0 Å². The van der Waals surface area contributed by atoms with E-state index in [9.17, 15) is 5.11 Å². The van der Waals surface area contributed by atoms with Gasteiger partial charge in [-0.2, -0.15) is 0 Å². The number of aryl methyl sites for hydroxylation is 1. The van der Waals surface area contributed by atoms with Crippen molar-refractivity contribution in [2.24, 2.45) is 0 Å². The minimum Gasteiger partial charge on any atom is -0.505 e. The molecule has 0 bridgehead atoms. The Hall–Kier alpha value is -2.74. The number of rotatable bonds is 3. The second kappa shape index (κ2) is 7.59. The van der Waals surface area contributed by atoms with Gasteiger partial charge in [0.15, 0.2) is 0 Å². The topological polar surface area (TPSA) is 23.5 Å². The van der Waals surface area contributed by atoms with E-state index in [1.165, 1.54) is 11.1 Å². The maximum atomic E-state index is 11.4. The van der Waals surface area contributed by atoms with Crippen molar-refractivity contribution < 1.29 is 5.11 Å². The monoisotopic (exact) mass is 387 g/mol. The Morgan fingerprint density at radius 2 is 1.24 bits per heavy atom. The fourth-order valence-corrected chi connectivity index (χ4v) is 3.49. The van der Waals surface area contributed by atoms with Crippen LogP contribution >= 0.6 is 0 Å². The Kier molecular flexibility index (Phi) is 5.49. The molecule has 0 amide bonds.